The summed E-state index contributed by atoms with van der Waals surface area (Å²) >= 11 is 4.31. The van der Waals surface area contributed by atoms with Crippen molar-refractivity contribution in [2.45, 2.75) is 6.92 Å². The van der Waals surface area contributed by atoms with E-state index in [1.165, 1.54) is 6.92 Å². The summed E-state index contributed by atoms with van der Waals surface area (Å²) in [5.41, 5.74) is -0.0833. The van der Waals surface area contributed by atoms with Crippen LogP contribution in [0, 0.1) is 0 Å². The number of Topliss-reactive ketones (excluding diaryl/α,β-unsaturated/α-hetero) is 1. The Morgan fingerprint density at radius 1 is 1.88 bits per heavy atom. The molecule has 0 fully saturated rings. The smallest absolute Gasteiger partial charge is 0.182 e. The first-order chi connectivity index (χ1) is 3.72. The van der Waals surface area contributed by atoms with Crippen LogP contribution >= 0.6 is 12.2 Å². The fraction of sp³-hybridized carbons (Fsp3) is 0.250. The van der Waals surface area contributed by atoms with Crippen LogP contribution in [0.1, 0.15) is 6.92 Å². The van der Waals surface area contributed by atoms with Crippen molar-refractivity contribution in [1.82, 2.24) is 0 Å². The first-order valence-corrected chi connectivity index (χ1v) is 2.37. The zero-order valence-electron chi connectivity index (χ0n) is 4.29. The summed E-state index contributed by atoms with van der Waals surface area (Å²) in [7, 11) is 0. The van der Waals surface area contributed by atoms with E-state index in [2.05, 4.69) is 17.4 Å². The number of carbonyl (C=O) groups excluding carboxylic acids is 1. The molecule has 0 rings (SSSR count). The Balaban J connectivity index is 4.13. The van der Waals surface area contributed by atoms with E-state index >= 15 is 0 Å². The van der Waals surface area contributed by atoms with Crippen LogP contribution in [-0.4, -0.2) is 22.1 Å². The van der Waals surface area contributed by atoms with Gasteiger partial charge in [-0.3, -0.25) is 4.79 Å². The minimum absolute atomic E-state index is 0.0833. The lowest BCUT2D eigenvalue weighted by atomic mass is 10.3. The maximum absolute atomic E-state index is 10.2. The number of hydrogen-bond acceptors (Lipinski definition) is 4. The van der Waals surface area contributed by atoms with Crippen LogP contribution in [0.25, 0.3) is 0 Å². The summed E-state index contributed by atoms with van der Waals surface area (Å²) in [6, 6.07) is 0. The summed E-state index contributed by atoms with van der Waals surface area (Å²) in [6.45, 7) is 1.28. The lowest BCUT2D eigenvalue weighted by Gasteiger charge is -1.83. The largest absolute Gasteiger partial charge is 0.410 e. The molecule has 0 amide bonds. The molecule has 0 heterocycles. The average molecular weight is 131 g/mol. The number of nitrogens with zero attached hydrogens (tertiary/aromatic N) is 1. The molecule has 0 atom stereocenters. The first-order valence-electron chi connectivity index (χ1n) is 1.90. The molecule has 44 valence electrons. The van der Waals surface area contributed by atoms with Gasteiger partial charge in [0.2, 0.25) is 0 Å². The molecule has 0 aromatic carbocycles. The van der Waals surface area contributed by atoms with Crippen LogP contribution < -0.4 is 0 Å². The van der Waals surface area contributed by atoms with E-state index in [1.807, 2.05) is 0 Å². The molecule has 0 aromatic heterocycles. The van der Waals surface area contributed by atoms with E-state index in [0.29, 0.717) is 0 Å². The average Bonchev–Trinajstić information content (AvgIpc) is 1.69. The molecule has 0 unspecified atom stereocenters. The van der Waals surface area contributed by atoms with Gasteiger partial charge in [0.1, 0.15) is 0 Å². The molecule has 0 radical (unpaired) electrons. The molecule has 8 heavy (non-hydrogen) atoms. The van der Waals surface area contributed by atoms with E-state index in [9.17, 15) is 4.79 Å². The fourth-order valence-corrected chi connectivity index (χ4v) is 0.390. The zero-order chi connectivity index (χ0) is 6.57. The molecule has 1 N–H and O–H groups in total. The molecule has 0 aromatic rings. The molecule has 0 aliphatic rings. The molecule has 0 saturated carbocycles. The van der Waals surface area contributed by atoms with Gasteiger partial charge >= 0.3 is 0 Å². The van der Waals surface area contributed by atoms with Gasteiger partial charge in [-0.2, -0.15) is 0 Å². The van der Waals surface area contributed by atoms with Gasteiger partial charge in [0.05, 0.1) is 0 Å². The summed E-state index contributed by atoms with van der Waals surface area (Å²) in [5, 5.41) is 11.6. The summed E-state index contributed by atoms with van der Waals surface area (Å²) in [6.07, 6.45) is 0. The molecule has 0 bridgehead atoms. The summed E-state index contributed by atoms with van der Waals surface area (Å²) < 4.78 is 0. The Morgan fingerprint density at radius 3 is 2.38 bits per heavy atom. The summed E-state index contributed by atoms with van der Waals surface area (Å²) in [5.74, 6) is -0.331. The van der Waals surface area contributed by atoms with Crippen molar-refractivity contribution in [2.24, 2.45) is 5.16 Å². The van der Waals surface area contributed by atoms with Crippen LogP contribution in [-0.2, 0) is 4.79 Å². The van der Waals surface area contributed by atoms with Gasteiger partial charge < -0.3 is 5.21 Å². The highest BCUT2D eigenvalue weighted by molar-refractivity contribution is 7.80. The van der Waals surface area contributed by atoms with Gasteiger partial charge in [-0.05, 0) is 0 Å². The van der Waals surface area contributed by atoms with Crippen molar-refractivity contribution in [3.63, 3.8) is 0 Å². The molecule has 0 aliphatic carbocycles. The number of thiocarbonyl (C=S) groups is 1. The van der Waals surface area contributed by atoms with Gasteiger partial charge in [0, 0.05) is 12.3 Å². The predicted molar refractivity (Wildman–Crippen MR) is 33.6 cm³/mol. The van der Waals surface area contributed by atoms with E-state index in [0.717, 1.165) is 5.37 Å². The minimum Gasteiger partial charge on any atom is -0.410 e. The van der Waals surface area contributed by atoms with Crippen molar-refractivity contribution in [2.75, 3.05) is 0 Å². The molecule has 0 spiro atoms. The third-order valence-electron chi connectivity index (χ3n) is 0.580. The Hall–Kier alpha value is -0.770. The lowest BCUT2D eigenvalue weighted by Crippen LogP contribution is -2.09. The van der Waals surface area contributed by atoms with Gasteiger partial charge in [0.15, 0.2) is 11.5 Å². The van der Waals surface area contributed by atoms with Gasteiger partial charge in [0.25, 0.3) is 0 Å². The Bertz CT molecular complexity index is 141. The maximum atomic E-state index is 10.2. The standard InChI is InChI=1S/C4H5NO2S/c1-3(6)4(2-8)5-7/h2,7H,1H3. The highest BCUT2D eigenvalue weighted by Crippen LogP contribution is 1.74. The van der Waals surface area contributed by atoms with Crippen LogP contribution in [0.2, 0.25) is 0 Å². The quantitative estimate of drug-likeness (QED) is 0.255. The van der Waals surface area contributed by atoms with Crippen LogP contribution in [0.4, 0.5) is 0 Å². The molecule has 0 aliphatic heterocycles. The van der Waals surface area contributed by atoms with Crippen molar-refractivity contribution < 1.29 is 10.0 Å². The van der Waals surface area contributed by atoms with Gasteiger partial charge in [-0.25, -0.2) is 0 Å². The lowest BCUT2D eigenvalue weighted by molar-refractivity contribution is -0.111. The number of carbonyl (C=O) groups is 1. The molecular formula is C4H5NO2S. The van der Waals surface area contributed by atoms with E-state index < -0.39 is 0 Å². The van der Waals surface area contributed by atoms with E-state index in [-0.39, 0.29) is 11.5 Å². The van der Waals surface area contributed by atoms with E-state index in [4.69, 9.17) is 5.21 Å². The Kier molecular flexibility index (Phi) is 2.95. The molecular weight excluding hydrogens is 126 g/mol. The van der Waals surface area contributed by atoms with Crippen molar-refractivity contribution in [3.05, 3.63) is 0 Å². The molecule has 4 heteroatoms. The Labute approximate surface area is 52.0 Å². The van der Waals surface area contributed by atoms with E-state index in [1.54, 1.807) is 0 Å². The molecule has 3 nitrogen and oxygen atoms in total. The highest BCUT2D eigenvalue weighted by atomic mass is 32.1. The number of hydrogen-bond donors (Lipinski definition) is 1. The maximum Gasteiger partial charge on any atom is 0.182 e. The number of ketones is 1. The van der Waals surface area contributed by atoms with Crippen LogP contribution in [0.3, 0.4) is 0 Å². The SMILES string of the molecule is CC(=O)C(C=S)=NO. The van der Waals surface area contributed by atoms with Crippen molar-refractivity contribution >= 4 is 29.1 Å². The third-order valence-corrected chi connectivity index (χ3v) is 0.803. The second-order valence-corrected chi connectivity index (χ2v) is 1.39. The predicted octanol–water partition coefficient (Wildman–Crippen LogP) is 0.405. The van der Waals surface area contributed by atoms with Gasteiger partial charge in [-0.15, -0.1) is 0 Å². The monoisotopic (exact) mass is 131 g/mol. The van der Waals surface area contributed by atoms with Crippen molar-refractivity contribution in [3.8, 4) is 0 Å². The normalized spacial score (nSPS) is 10.9. The number of oxime groups is 1. The topological polar surface area (TPSA) is 49.7 Å². The number of rotatable bonds is 2. The first kappa shape index (κ1) is 7.23. The van der Waals surface area contributed by atoms with Crippen molar-refractivity contribution in [1.29, 1.82) is 0 Å². The summed E-state index contributed by atoms with van der Waals surface area (Å²) in [4.78, 5) is 10.2. The van der Waals surface area contributed by atoms with Crippen LogP contribution in [0.15, 0.2) is 5.16 Å². The fourth-order valence-electron chi connectivity index (χ4n) is 0.177. The minimum atomic E-state index is -0.331. The van der Waals surface area contributed by atoms with Gasteiger partial charge in [-0.1, -0.05) is 17.4 Å². The molecule has 0 saturated heterocycles. The second kappa shape index (κ2) is 3.26. The van der Waals surface area contributed by atoms with Crippen LogP contribution in [0.5, 0.6) is 0 Å². The zero-order valence-corrected chi connectivity index (χ0v) is 5.10. The highest BCUT2D eigenvalue weighted by Gasteiger charge is 1.98. The second-order valence-electron chi connectivity index (χ2n) is 1.16. The third kappa shape index (κ3) is 1.79. The Morgan fingerprint density at radius 2 is 2.38 bits per heavy atom.